The van der Waals surface area contributed by atoms with E-state index in [1.807, 2.05) is 30.3 Å². The molecule has 0 unspecified atom stereocenters. The molecule has 1 fully saturated rings. The Morgan fingerprint density at radius 1 is 1.03 bits per heavy atom. The van der Waals surface area contributed by atoms with Crippen molar-refractivity contribution in [2.45, 2.75) is 0 Å². The summed E-state index contributed by atoms with van der Waals surface area (Å²) >= 11 is 14.6. The Bertz CT molecular complexity index is 1190. The van der Waals surface area contributed by atoms with Gasteiger partial charge in [0.25, 0.3) is 11.8 Å². The molecule has 2 heterocycles. The summed E-state index contributed by atoms with van der Waals surface area (Å²) in [4.78, 5) is 31.2. The molecule has 1 aromatic heterocycles. The fraction of sp³-hybridized carbons (Fsp3) is 0. The molecule has 1 aliphatic heterocycles. The Hall–Kier alpha value is -2.87. The van der Waals surface area contributed by atoms with Crippen LogP contribution in [0.4, 0.5) is 5.69 Å². The highest BCUT2D eigenvalue weighted by Gasteiger charge is 2.34. The summed E-state index contributed by atoms with van der Waals surface area (Å²) in [6.45, 7) is 0. The molecule has 8 heteroatoms. The number of nitrogens with one attached hydrogen (secondary N) is 1. The van der Waals surface area contributed by atoms with Crippen molar-refractivity contribution in [3.05, 3.63) is 87.6 Å². The van der Waals surface area contributed by atoms with Crippen molar-refractivity contribution in [2.24, 2.45) is 0 Å². The summed E-state index contributed by atoms with van der Waals surface area (Å²) in [5.74, 6) is -1.07. The minimum absolute atomic E-state index is 0.0174. The Balaban J connectivity index is 1.77. The molecule has 0 aliphatic carbocycles. The lowest BCUT2D eigenvalue weighted by molar-refractivity contribution is -0.122. The Labute approximate surface area is 191 Å². The van der Waals surface area contributed by atoms with E-state index in [1.165, 1.54) is 11.0 Å². The number of thiocarbonyl (C=S) groups is 1. The van der Waals surface area contributed by atoms with E-state index in [-0.39, 0.29) is 10.7 Å². The normalized spacial score (nSPS) is 15.5. The maximum atomic E-state index is 13.2. The average molecular weight is 499 g/mol. The van der Waals surface area contributed by atoms with Crippen LogP contribution in [0.25, 0.3) is 17.2 Å². The maximum absolute atomic E-state index is 13.2. The number of amides is 2. The largest absolute Gasteiger partial charge is 0.298 e. The summed E-state index contributed by atoms with van der Waals surface area (Å²) in [5.41, 5.74) is 2.89. The van der Waals surface area contributed by atoms with Gasteiger partial charge in [-0.3, -0.25) is 24.8 Å². The van der Waals surface area contributed by atoms with Crippen LogP contribution >= 0.6 is 39.7 Å². The molecule has 0 radical (unpaired) electrons. The van der Waals surface area contributed by atoms with E-state index in [0.717, 1.165) is 15.6 Å². The second-order valence-corrected chi connectivity index (χ2v) is 8.14. The minimum Gasteiger partial charge on any atom is -0.298 e. The molecule has 3 aromatic rings. The van der Waals surface area contributed by atoms with Crippen LogP contribution in [0.1, 0.15) is 5.56 Å². The van der Waals surface area contributed by atoms with Crippen molar-refractivity contribution < 1.29 is 9.59 Å². The van der Waals surface area contributed by atoms with Crippen LogP contribution in [0, 0.1) is 0 Å². The van der Waals surface area contributed by atoms with Crippen LogP contribution in [-0.4, -0.2) is 21.9 Å². The van der Waals surface area contributed by atoms with Gasteiger partial charge in [0.2, 0.25) is 0 Å². The predicted molar refractivity (Wildman–Crippen MR) is 125 cm³/mol. The van der Waals surface area contributed by atoms with Crippen molar-refractivity contribution in [1.29, 1.82) is 0 Å². The van der Waals surface area contributed by atoms with Gasteiger partial charge in [0.05, 0.1) is 5.69 Å². The van der Waals surface area contributed by atoms with Crippen molar-refractivity contribution in [3.8, 4) is 11.1 Å². The molecule has 2 amide bonds. The number of nitrogens with zero attached hydrogens (tertiary/aromatic N) is 2. The lowest BCUT2D eigenvalue weighted by atomic mass is 9.99. The van der Waals surface area contributed by atoms with Crippen LogP contribution in [0.15, 0.2) is 77.0 Å². The van der Waals surface area contributed by atoms with Gasteiger partial charge in [-0.25, -0.2) is 0 Å². The number of hydrogen-bond acceptors (Lipinski definition) is 4. The van der Waals surface area contributed by atoms with Gasteiger partial charge in [-0.1, -0.05) is 39.7 Å². The van der Waals surface area contributed by atoms with E-state index >= 15 is 0 Å². The van der Waals surface area contributed by atoms with Crippen molar-refractivity contribution in [3.63, 3.8) is 0 Å². The SMILES string of the molecule is O=C1NC(=S)N(c2ccc(Cl)cc2)C(=O)/C1=C/c1cnccc1-c1ccc(Br)cc1. The maximum Gasteiger partial charge on any atom is 0.270 e. The van der Waals surface area contributed by atoms with E-state index in [9.17, 15) is 9.59 Å². The summed E-state index contributed by atoms with van der Waals surface area (Å²) < 4.78 is 0.953. The number of aromatic nitrogens is 1. The molecule has 0 saturated carbocycles. The summed E-state index contributed by atoms with van der Waals surface area (Å²) in [6, 6.07) is 16.2. The van der Waals surface area contributed by atoms with Gasteiger partial charge in [-0.05, 0) is 71.9 Å². The first-order valence-corrected chi connectivity index (χ1v) is 10.4. The van der Waals surface area contributed by atoms with Gasteiger partial charge in [-0.15, -0.1) is 0 Å². The number of anilines is 1. The monoisotopic (exact) mass is 497 g/mol. The van der Waals surface area contributed by atoms with Gasteiger partial charge in [0.1, 0.15) is 5.57 Å². The van der Waals surface area contributed by atoms with Crippen LogP contribution in [0.2, 0.25) is 5.02 Å². The van der Waals surface area contributed by atoms with Crippen LogP contribution < -0.4 is 10.2 Å². The number of carbonyl (C=O) groups is 2. The zero-order valence-corrected chi connectivity index (χ0v) is 18.5. The van der Waals surface area contributed by atoms with Crippen molar-refractivity contribution >= 4 is 68.4 Å². The summed E-state index contributed by atoms with van der Waals surface area (Å²) in [7, 11) is 0. The highest BCUT2D eigenvalue weighted by atomic mass is 79.9. The zero-order chi connectivity index (χ0) is 21.3. The molecular formula is C22H13BrClN3O2S. The smallest absolute Gasteiger partial charge is 0.270 e. The van der Waals surface area contributed by atoms with Gasteiger partial charge in [0.15, 0.2) is 5.11 Å². The molecule has 0 atom stereocenters. The number of carbonyl (C=O) groups excluding carboxylic acids is 2. The second-order valence-electron chi connectivity index (χ2n) is 6.40. The molecule has 0 bridgehead atoms. The van der Waals surface area contributed by atoms with Crippen molar-refractivity contribution in [1.82, 2.24) is 10.3 Å². The fourth-order valence-electron chi connectivity index (χ4n) is 3.05. The highest BCUT2D eigenvalue weighted by molar-refractivity contribution is 9.10. The number of pyridine rings is 1. The van der Waals surface area contributed by atoms with E-state index in [0.29, 0.717) is 16.3 Å². The van der Waals surface area contributed by atoms with Gasteiger partial charge < -0.3 is 0 Å². The molecule has 148 valence electrons. The predicted octanol–water partition coefficient (Wildman–Crippen LogP) is 5.00. The first kappa shape index (κ1) is 20.4. The summed E-state index contributed by atoms with van der Waals surface area (Å²) in [6.07, 6.45) is 4.81. The molecule has 0 spiro atoms. The van der Waals surface area contributed by atoms with Crippen LogP contribution in [-0.2, 0) is 9.59 Å². The molecule has 1 N–H and O–H groups in total. The molecule has 1 aliphatic rings. The number of halogens is 2. The second kappa shape index (κ2) is 8.47. The molecule has 2 aromatic carbocycles. The number of benzene rings is 2. The van der Waals surface area contributed by atoms with E-state index in [2.05, 4.69) is 26.2 Å². The number of hydrogen-bond donors (Lipinski definition) is 1. The Morgan fingerprint density at radius 2 is 1.73 bits per heavy atom. The van der Waals surface area contributed by atoms with Gasteiger partial charge in [0, 0.05) is 27.5 Å². The molecule has 5 nitrogen and oxygen atoms in total. The van der Waals surface area contributed by atoms with Crippen LogP contribution in [0.5, 0.6) is 0 Å². The Morgan fingerprint density at radius 3 is 2.43 bits per heavy atom. The molecular weight excluding hydrogens is 486 g/mol. The van der Waals surface area contributed by atoms with Crippen LogP contribution in [0.3, 0.4) is 0 Å². The lowest BCUT2D eigenvalue weighted by Crippen LogP contribution is -2.54. The van der Waals surface area contributed by atoms with E-state index < -0.39 is 11.8 Å². The molecule has 1 saturated heterocycles. The quantitative estimate of drug-likeness (QED) is 0.314. The third kappa shape index (κ3) is 4.05. The topological polar surface area (TPSA) is 62.3 Å². The fourth-order valence-corrected chi connectivity index (χ4v) is 3.72. The first-order chi connectivity index (χ1) is 14.4. The van der Waals surface area contributed by atoms with Crippen molar-refractivity contribution in [2.75, 3.05) is 4.90 Å². The standard InChI is InChI=1S/C22H13BrClN3O2S/c23-15-3-1-13(2-4-15)18-9-10-25-12-14(18)11-19-20(28)26-22(30)27(21(19)29)17-7-5-16(24)6-8-17/h1-12H,(H,26,28,30)/b19-11+. The lowest BCUT2D eigenvalue weighted by Gasteiger charge is -2.29. The van der Waals surface area contributed by atoms with E-state index in [1.54, 1.807) is 36.7 Å². The Kier molecular flexibility index (Phi) is 5.76. The van der Waals surface area contributed by atoms with Gasteiger partial charge in [-0.2, -0.15) is 0 Å². The summed E-state index contributed by atoms with van der Waals surface area (Å²) in [5, 5.41) is 3.13. The third-order valence-corrected chi connectivity index (χ3v) is 5.56. The zero-order valence-electron chi connectivity index (χ0n) is 15.3. The minimum atomic E-state index is -0.555. The van der Waals surface area contributed by atoms with E-state index in [4.69, 9.17) is 23.8 Å². The average Bonchev–Trinajstić information content (AvgIpc) is 2.73. The third-order valence-electron chi connectivity index (χ3n) is 4.49. The molecule has 4 rings (SSSR count). The molecule has 30 heavy (non-hydrogen) atoms. The van der Waals surface area contributed by atoms with Gasteiger partial charge >= 0.3 is 0 Å². The first-order valence-electron chi connectivity index (χ1n) is 8.81. The highest BCUT2D eigenvalue weighted by Crippen LogP contribution is 2.28. The number of rotatable bonds is 3.